The number of halogens is 1. The Morgan fingerprint density at radius 2 is 1.96 bits per heavy atom. The van der Waals surface area contributed by atoms with E-state index in [1.54, 1.807) is 16.8 Å². The lowest BCUT2D eigenvalue weighted by Crippen LogP contribution is -2.38. The molecule has 0 saturated carbocycles. The first-order chi connectivity index (χ1) is 11.7. The summed E-state index contributed by atoms with van der Waals surface area (Å²) in [6.45, 7) is 5.00. The zero-order valence-electron chi connectivity index (χ0n) is 13.9. The molecule has 2 aromatic rings. The van der Waals surface area contributed by atoms with E-state index in [1.165, 1.54) is 25.0 Å². The highest BCUT2D eigenvalue weighted by atomic mass is 19.1. The molecule has 1 aliphatic rings. The molecule has 2 heterocycles. The fraction of sp³-hybridized carbons (Fsp3) is 0.500. The first kappa shape index (κ1) is 17.1. The minimum Gasteiger partial charge on any atom is -0.395 e. The summed E-state index contributed by atoms with van der Waals surface area (Å²) in [7, 11) is 0. The maximum atomic E-state index is 13.0. The van der Waals surface area contributed by atoms with Crippen LogP contribution in [0, 0.1) is 11.7 Å². The number of hydrogen-bond donors (Lipinski definition) is 2. The van der Waals surface area contributed by atoms with Crippen LogP contribution in [0.25, 0.3) is 5.69 Å². The summed E-state index contributed by atoms with van der Waals surface area (Å²) >= 11 is 0. The highest BCUT2D eigenvalue weighted by Gasteiger charge is 2.18. The number of aliphatic hydroxyl groups is 1. The lowest BCUT2D eigenvalue weighted by atomic mass is 9.97. The van der Waals surface area contributed by atoms with Gasteiger partial charge >= 0.3 is 0 Å². The fourth-order valence-corrected chi connectivity index (χ4v) is 3.16. The molecule has 3 rings (SSSR count). The van der Waals surface area contributed by atoms with Crippen molar-refractivity contribution in [3.8, 4) is 5.69 Å². The summed E-state index contributed by atoms with van der Waals surface area (Å²) in [5.41, 5.74) is 1.98. The molecule has 0 spiro atoms. The minimum absolute atomic E-state index is 0.238. The zero-order chi connectivity index (χ0) is 16.8. The van der Waals surface area contributed by atoms with Crippen LogP contribution >= 0.6 is 0 Å². The van der Waals surface area contributed by atoms with Crippen molar-refractivity contribution in [1.29, 1.82) is 0 Å². The van der Waals surface area contributed by atoms with E-state index in [0.717, 1.165) is 44.0 Å². The van der Waals surface area contributed by atoms with Crippen molar-refractivity contribution in [2.24, 2.45) is 5.92 Å². The van der Waals surface area contributed by atoms with Gasteiger partial charge in [-0.05, 0) is 62.7 Å². The van der Waals surface area contributed by atoms with Crippen LogP contribution in [-0.4, -0.2) is 52.6 Å². The maximum absolute atomic E-state index is 13.0. The summed E-state index contributed by atoms with van der Waals surface area (Å²) in [6.07, 6.45) is 6.19. The van der Waals surface area contributed by atoms with E-state index in [0.29, 0.717) is 5.92 Å². The van der Waals surface area contributed by atoms with E-state index >= 15 is 0 Å². The van der Waals surface area contributed by atoms with E-state index in [-0.39, 0.29) is 12.4 Å². The van der Waals surface area contributed by atoms with Crippen molar-refractivity contribution >= 4 is 0 Å². The first-order valence-corrected chi connectivity index (χ1v) is 8.58. The van der Waals surface area contributed by atoms with Crippen LogP contribution < -0.4 is 5.32 Å². The van der Waals surface area contributed by atoms with Crippen molar-refractivity contribution in [3.05, 3.63) is 48.0 Å². The minimum atomic E-state index is -0.238. The van der Waals surface area contributed by atoms with E-state index in [2.05, 4.69) is 15.3 Å². The van der Waals surface area contributed by atoms with Gasteiger partial charge in [-0.1, -0.05) is 0 Å². The quantitative estimate of drug-likeness (QED) is 0.812. The third-order valence-electron chi connectivity index (χ3n) is 4.61. The second-order valence-electron chi connectivity index (χ2n) is 6.41. The van der Waals surface area contributed by atoms with Crippen molar-refractivity contribution in [2.75, 3.05) is 32.8 Å². The Morgan fingerprint density at radius 1 is 1.21 bits per heavy atom. The van der Waals surface area contributed by atoms with Crippen molar-refractivity contribution < 1.29 is 9.50 Å². The highest BCUT2D eigenvalue weighted by Crippen LogP contribution is 2.16. The van der Waals surface area contributed by atoms with Gasteiger partial charge in [0, 0.05) is 24.8 Å². The number of likely N-dealkylation sites (tertiary alicyclic amines) is 1. The Bertz CT molecular complexity index is 620. The first-order valence-electron chi connectivity index (χ1n) is 8.58. The lowest BCUT2D eigenvalue weighted by molar-refractivity contribution is 0.146. The molecule has 0 radical (unpaired) electrons. The molecular weight excluding hydrogens is 307 g/mol. The van der Waals surface area contributed by atoms with Crippen LogP contribution in [0.4, 0.5) is 4.39 Å². The molecule has 1 aromatic carbocycles. The molecule has 2 N–H and O–H groups in total. The summed E-state index contributed by atoms with van der Waals surface area (Å²) in [5, 5.41) is 16.8. The topological polar surface area (TPSA) is 53.3 Å². The highest BCUT2D eigenvalue weighted by molar-refractivity contribution is 5.31. The number of piperidine rings is 1. The zero-order valence-corrected chi connectivity index (χ0v) is 13.9. The normalized spacial score (nSPS) is 16.6. The third-order valence-corrected chi connectivity index (χ3v) is 4.61. The van der Waals surface area contributed by atoms with Crippen LogP contribution in [0.5, 0.6) is 0 Å². The molecule has 5 nitrogen and oxygen atoms in total. The number of benzene rings is 1. The lowest BCUT2D eigenvalue weighted by Gasteiger charge is -2.31. The number of β-amino-alcohol motifs (C(OH)–C–C–N with tert-alkyl or cyclic N) is 1. The van der Waals surface area contributed by atoms with Gasteiger partial charge in [0.05, 0.1) is 18.5 Å². The van der Waals surface area contributed by atoms with Gasteiger partial charge in [-0.3, -0.25) is 0 Å². The predicted octanol–water partition coefficient (Wildman–Crippen LogP) is 1.81. The molecule has 0 unspecified atom stereocenters. The van der Waals surface area contributed by atoms with Gasteiger partial charge in [0.1, 0.15) is 5.82 Å². The average molecular weight is 332 g/mol. The van der Waals surface area contributed by atoms with E-state index in [4.69, 9.17) is 5.11 Å². The molecule has 1 saturated heterocycles. The summed E-state index contributed by atoms with van der Waals surface area (Å²) in [6, 6.07) is 6.33. The standard InChI is InChI=1S/C18H25FN4O/c19-17-1-3-18(4-2-17)23-14-16(13-21-23)12-20-11-15-5-7-22(8-6-15)9-10-24/h1-4,13-15,20,24H,5-12H2. The maximum Gasteiger partial charge on any atom is 0.123 e. The Labute approximate surface area is 142 Å². The molecule has 0 aliphatic carbocycles. The van der Waals surface area contributed by atoms with Crippen LogP contribution in [-0.2, 0) is 6.54 Å². The summed E-state index contributed by atoms with van der Waals surface area (Å²) in [4.78, 5) is 2.32. The average Bonchev–Trinajstić information content (AvgIpc) is 3.06. The summed E-state index contributed by atoms with van der Waals surface area (Å²) in [5.74, 6) is 0.463. The molecule has 130 valence electrons. The molecule has 1 aliphatic heterocycles. The van der Waals surface area contributed by atoms with Gasteiger partial charge in [0.15, 0.2) is 0 Å². The number of rotatable bonds is 7. The number of hydrogen-bond acceptors (Lipinski definition) is 4. The van der Waals surface area contributed by atoms with E-state index in [9.17, 15) is 4.39 Å². The monoisotopic (exact) mass is 332 g/mol. The number of nitrogens with zero attached hydrogens (tertiary/aromatic N) is 3. The molecule has 0 bridgehead atoms. The fourth-order valence-electron chi connectivity index (χ4n) is 3.16. The molecule has 1 aromatic heterocycles. The van der Waals surface area contributed by atoms with Crippen molar-refractivity contribution in [2.45, 2.75) is 19.4 Å². The Kier molecular flexibility index (Phi) is 5.96. The number of aromatic nitrogens is 2. The number of aliphatic hydroxyl groups excluding tert-OH is 1. The molecule has 0 amide bonds. The van der Waals surface area contributed by atoms with Gasteiger partial charge in [-0.2, -0.15) is 5.10 Å². The van der Waals surface area contributed by atoms with Crippen LogP contribution in [0.15, 0.2) is 36.7 Å². The van der Waals surface area contributed by atoms with Gasteiger partial charge < -0.3 is 15.3 Å². The van der Waals surface area contributed by atoms with Gasteiger partial charge in [0.2, 0.25) is 0 Å². The Hall–Kier alpha value is -1.76. The van der Waals surface area contributed by atoms with E-state index < -0.39 is 0 Å². The smallest absolute Gasteiger partial charge is 0.123 e. The molecular formula is C18H25FN4O. The van der Waals surface area contributed by atoms with Gasteiger partial charge in [0.25, 0.3) is 0 Å². The second kappa shape index (κ2) is 8.37. The van der Waals surface area contributed by atoms with Crippen LogP contribution in [0.2, 0.25) is 0 Å². The van der Waals surface area contributed by atoms with Crippen molar-refractivity contribution in [3.63, 3.8) is 0 Å². The molecule has 6 heteroatoms. The van der Waals surface area contributed by atoms with Gasteiger partial charge in [-0.15, -0.1) is 0 Å². The molecule has 1 fully saturated rings. The van der Waals surface area contributed by atoms with Crippen molar-refractivity contribution in [1.82, 2.24) is 20.0 Å². The molecule has 0 atom stereocenters. The Balaban J connectivity index is 1.42. The number of nitrogens with one attached hydrogen (secondary N) is 1. The third kappa shape index (κ3) is 4.63. The predicted molar refractivity (Wildman–Crippen MR) is 91.5 cm³/mol. The molecule has 24 heavy (non-hydrogen) atoms. The van der Waals surface area contributed by atoms with Gasteiger partial charge in [-0.25, -0.2) is 9.07 Å². The SMILES string of the molecule is OCCN1CCC(CNCc2cnn(-c3ccc(F)cc3)c2)CC1. The summed E-state index contributed by atoms with van der Waals surface area (Å²) < 4.78 is 14.7. The largest absolute Gasteiger partial charge is 0.395 e. The van der Waals surface area contributed by atoms with Crippen LogP contribution in [0.1, 0.15) is 18.4 Å². The van der Waals surface area contributed by atoms with Crippen LogP contribution in [0.3, 0.4) is 0 Å². The second-order valence-corrected chi connectivity index (χ2v) is 6.41. The van der Waals surface area contributed by atoms with E-state index in [1.807, 2.05) is 12.4 Å². The Morgan fingerprint density at radius 3 is 2.67 bits per heavy atom.